The van der Waals surface area contributed by atoms with E-state index in [4.69, 9.17) is 10.5 Å². The Bertz CT molecular complexity index is 1360. The summed E-state index contributed by atoms with van der Waals surface area (Å²) in [7, 11) is 1.68. The van der Waals surface area contributed by atoms with E-state index in [9.17, 15) is 14.0 Å². The largest absolute Gasteiger partial charge is 0.457 e. The Morgan fingerprint density at radius 1 is 1.09 bits per heavy atom. The number of nitrogens with zero attached hydrogens (tertiary/aromatic N) is 3. The van der Waals surface area contributed by atoms with Gasteiger partial charge >= 0.3 is 0 Å². The number of benzene rings is 2. The monoisotopic (exact) mass is 433 g/mol. The number of nitrogens with two attached hydrogens (primary N) is 1. The van der Waals surface area contributed by atoms with E-state index in [0.717, 1.165) is 6.07 Å². The zero-order valence-corrected chi connectivity index (χ0v) is 17.4. The van der Waals surface area contributed by atoms with Gasteiger partial charge in [-0.25, -0.2) is 14.1 Å². The highest BCUT2D eigenvalue weighted by atomic mass is 19.1. The third kappa shape index (κ3) is 3.95. The maximum absolute atomic E-state index is 14.6. The van der Waals surface area contributed by atoms with Gasteiger partial charge in [0.05, 0.1) is 17.1 Å². The summed E-state index contributed by atoms with van der Waals surface area (Å²) in [5.41, 5.74) is 6.04. The number of ether oxygens (including phenoxy) is 1. The molecule has 32 heavy (non-hydrogen) atoms. The van der Waals surface area contributed by atoms with Crippen molar-refractivity contribution in [2.45, 2.75) is 6.92 Å². The van der Waals surface area contributed by atoms with E-state index in [-0.39, 0.29) is 22.8 Å². The van der Waals surface area contributed by atoms with Gasteiger partial charge in [-0.1, -0.05) is 18.2 Å². The summed E-state index contributed by atoms with van der Waals surface area (Å²) in [5, 5.41) is 2.47. The van der Waals surface area contributed by atoms with Crippen LogP contribution in [0.2, 0.25) is 0 Å². The molecule has 1 amide bonds. The van der Waals surface area contributed by atoms with E-state index in [2.05, 4.69) is 10.3 Å². The Kier molecular flexibility index (Phi) is 5.46. The van der Waals surface area contributed by atoms with E-state index in [1.165, 1.54) is 29.1 Å². The third-order valence-corrected chi connectivity index (χ3v) is 4.96. The first-order valence-electron chi connectivity index (χ1n) is 9.69. The summed E-state index contributed by atoms with van der Waals surface area (Å²) in [6.45, 7) is 1.66. The van der Waals surface area contributed by atoms with Crippen LogP contribution in [0.25, 0.3) is 5.69 Å². The first-order valence-corrected chi connectivity index (χ1v) is 9.69. The fraction of sp³-hybridized carbons (Fsp3) is 0.0870. The van der Waals surface area contributed by atoms with Crippen LogP contribution in [0.1, 0.15) is 16.1 Å². The molecule has 162 valence electrons. The number of nitrogens with one attached hydrogen (secondary N) is 1. The summed E-state index contributed by atoms with van der Waals surface area (Å²) < 4.78 is 23.2. The molecule has 0 spiro atoms. The summed E-state index contributed by atoms with van der Waals surface area (Å²) in [6.07, 6.45) is 1.47. The predicted octanol–water partition coefficient (Wildman–Crippen LogP) is 3.65. The minimum atomic E-state index is -0.713. The van der Waals surface area contributed by atoms with Crippen molar-refractivity contribution in [3.8, 4) is 17.2 Å². The highest BCUT2D eigenvalue weighted by molar-refractivity contribution is 6.05. The number of nitrogen functional groups attached to an aromatic ring is 1. The SMILES string of the molecule is Cc1c(C(=O)Nc2ccc(Oc3ccnc(N)c3)cc2F)c(=O)n(-c2ccccc2)n1C. The first-order chi connectivity index (χ1) is 15.3. The second-order valence-electron chi connectivity index (χ2n) is 7.05. The Morgan fingerprint density at radius 3 is 2.50 bits per heavy atom. The van der Waals surface area contributed by atoms with Crippen molar-refractivity contribution in [2.75, 3.05) is 11.1 Å². The first kappa shape index (κ1) is 20.9. The Labute approximate surface area is 182 Å². The molecule has 8 nitrogen and oxygen atoms in total. The van der Waals surface area contributed by atoms with Crippen molar-refractivity contribution < 1.29 is 13.9 Å². The maximum Gasteiger partial charge on any atom is 0.284 e. The van der Waals surface area contributed by atoms with Crippen LogP contribution in [-0.4, -0.2) is 20.3 Å². The lowest BCUT2D eigenvalue weighted by molar-refractivity contribution is 0.102. The Morgan fingerprint density at radius 2 is 1.81 bits per heavy atom. The molecule has 0 atom stereocenters. The second kappa shape index (κ2) is 8.38. The van der Waals surface area contributed by atoms with Crippen LogP contribution >= 0.6 is 0 Å². The van der Waals surface area contributed by atoms with Crippen molar-refractivity contribution in [1.82, 2.24) is 14.3 Å². The van der Waals surface area contributed by atoms with E-state index >= 15 is 0 Å². The molecule has 0 aliphatic rings. The molecule has 4 rings (SSSR count). The molecule has 0 radical (unpaired) electrons. The number of aromatic nitrogens is 3. The predicted molar refractivity (Wildman–Crippen MR) is 119 cm³/mol. The Balaban J connectivity index is 1.59. The molecule has 3 N–H and O–H groups in total. The van der Waals surface area contributed by atoms with Gasteiger partial charge < -0.3 is 15.8 Å². The summed E-state index contributed by atoms with van der Waals surface area (Å²) in [4.78, 5) is 29.7. The molecule has 0 aliphatic heterocycles. The van der Waals surface area contributed by atoms with Crippen LogP contribution < -0.4 is 21.3 Å². The number of hydrogen-bond acceptors (Lipinski definition) is 5. The van der Waals surface area contributed by atoms with Crippen LogP contribution in [0.15, 0.2) is 71.7 Å². The highest BCUT2D eigenvalue weighted by Gasteiger charge is 2.23. The van der Waals surface area contributed by atoms with Crippen LogP contribution in [0.4, 0.5) is 15.9 Å². The lowest BCUT2D eigenvalue weighted by Crippen LogP contribution is -2.25. The number of amides is 1. The quantitative estimate of drug-likeness (QED) is 0.500. The minimum Gasteiger partial charge on any atom is -0.457 e. The van der Waals surface area contributed by atoms with Crippen LogP contribution in [0.5, 0.6) is 11.5 Å². The molecular formula is C23H20FN5O3. The standard InChI is InChI=1S/C23H20FN5O3/c1-14-21(23(31)29(28(14)2)15-6-4-3-5-7-15)22(30)27-19-9-8-16(12-18(19)24)32-17-10-11-26-20(25)13-17/h3-13H,1-2H3,(H2,25,26)(H,27,30). The number of carbonyl (C=O) groups excluding carboxylic acids is 1. The molecule has 0 aliphatic carbocycles. The van der Waals surface area contributed by atoms with Crippen LogP contribution in [0, 0.1) is 12.7 Å². The molecule has 9 heteroatoms. The molecule has 0 unspecified atom stereocenters. The molecule has 0 saturated carbocycles. The number of para-hydroxylation sites is 1. The maximum atomic E-state index is 14.6. The average Bonchev–Trinajstić information content (AvgIpc) is 2.99. The van der Waals surface area contributed by atoms with Gasteiger partial charge in [-0.2, -0.15) is 0 Å². The van der Waals surface area contributed by atoms with Crippen molar-refractivity contribution in [1.29, 1.82) is 0 Å². The van der Waals surface area contributed by atoms with Crippen molar-refractivity contribution in [3.63, 3.8) is 0 Å². The molecule has 2 heterocycles. The van der Waals surface area contributed by atoms with Crippen molar-refractivity contribution in [2.24, 2.45) is 7.05 Å². The molecule has 2 aromatic heterocycles. The number of halogens is 1. The smallest absolute Gasteiger partial charge is 0.284 e. The number of rotatable bonds is 5. The fourth-order valence-electron chi connectivity index (χ4n) is 3.30. The van der Waals surface area contributed by atoms with E-state index in [1.807, 2.05) is 6.07 Å². The molecule has 0 fully saturated rings. The molecule has 4 aromatic rings. The number of hydrogen-bond donors (Lipinski definition) is 2. The summed E-state index contributed by atoms with van der Waals surface area (Å²) in [6, 6.07) is 16.0. The molecular weight excluding hydrogens is 413 g/mol. The topological polar surface area (TPSA) is 104 Å². The zero-order chi connectivity index (χ0) is 22.8. The van der Waals surface area contributed by atoms with Gasteiger partial charge in [0.15, 0.2) is 0 Å². The lowest BCUT2D eigenvalue weighted by Gasteiger charge is -2.09. The van der Waals surface area contributed by atoms with Gasteiger partial charge in [0, 0.05) is 25.4 Å². The van der Waals surface area contributed by atoms with Crippen LogP contribution in [-0.2, 0) is 7.05 Å². The van der Waals surface area contributed by atoms with Gasteiger partial charge in [0.2, 0.25) is 0 Å². The molecule has 0 bridgehead atoms. The van der Waals surface area contributed by atoms with Gasteiger partial charge in [-0.3, -0.25) is 14.3 Å². The van der Waals surface area contributed by atoms with E-state index in [1.54, 1.807) is 49.0 Å². The van der Waals surface area contributed by atoms with Crippen molar-refractivity contribution in [3.05, 3.63) is 94.3 Å². The molecule has 2 aromatic carbocycles. The molecule has 0 saturated heterocycles. The Hall–Kier alpha value is -4.40. The third-order valence-electron chi connectivity index (χ3n) is 4.96. The summed E-state index contributed by atoms with van der Waals surface area (Å²) in [5.74, 6) is -0.531. The van der Waals surface area contributed by atoms with E-state index in [0.29, 0.717) is 17.1 Å². The number of carbonyl (C=O) groups is 1. The normalized spacial score (nSPS) is 10.7. The lowest BCUT2D eigenvalue weighted by atomic mass is 10.2. The zero-order valence-electron chi connectivity index (χ0n) is 17.4. The average molecular weight is 433 g/mol. The van der Waals surface area contributed by atoms with Gasteiger partial charge in [-0.15, -0.1) is 0 Å². The van der Waals surface area contributed by atoms with Gasteiger partial charge in [0.25, 0.3) is 11.5 Å². The van der Waals surface area contributed by atoms with E-state index < -0.39 is 17.3 Å². The van der Waals surface area contributed by atoms with Crippen LogP contribution in [0.3, 0.4) is 0 Å². The number of anilines is 2. The minimum absolute atomic E-state index is 0.0664. The van der Waals surface area contributed by atoms with Crippen molar-refractivity contribution >= 4 is 17.4 Å². The highest BCUT2D eigenvalue weighted by Crippen LogP contribution is 2.26. The van der Waals surface area contributed by atoms with Gasteiger partial charge in [-0.05, 0) is 37.3 Å². The van der Waals surface area contributed by atoms with Gasteiger partial charge in [0.1, 0.15) is 28.7 Å². The number of pyridine rings is 1. The fourth-order valence-corrected chi connectivity index (χ4v) is 3.30. The second-order valence-corrected chi connectivity index (χ2v) is 7.05. The summed E-state index contributed by atoms with van der Waals surface area (Å²) >= 11 is 0.